The summed E-state index contributed by atoms with van der Waals surface area (Å²) in [6.45, 7) is 0.551. The predicted octanol–water partition coefficient (Wildman–Crippen LogP) is 2.73. The number of aliphatic hydroxyl groups is 1. The van der Waals surface area contributed by atoms with Crippen LogP contribution in [-0.4, -0.2) is 73.7 Å². The van der Waals surface area contributed by atoms with E-state index in [1.54, 1.807) is 17.8 Å². The SMILES string of the molecule is CNc1cc(-c2cn([C@@H]3CCOC[C@@H]3F)c3ncccc23)nc2c(C(=O)N[C@H]3CCC[C@H]3O)cnn12. The van der Waals surface area contributed by atoms with E-state index >= 15 is 0 Å². The fourth-order valence-corrected chi connectivity index (χ4v) is 5.34. The molecule has 1 amide bonds. The number of ether oxygens (including phenoxy) is 1. The van der Waals surface area contributed by atoms with Crippen molar-refractivity contribution in [3.63, 3.8) is 0 Å². The Bertz CT molecular complexity index is 1430. The number of fused-ring (bicyclic) bond motifs is 2. The third-order valence-corrected chi connectivity index (χ3v) is 7.24. The molecule has 0 unspecified atom stereocenters. The number of carbonyl (C=O) groups excluding carboxylic acids is 1. The highest BCUT2D eigenvalue weighted by atomic mass is 19.1. The number of amides is 1. The van der Waals surface area contributed by atoms with E-state index in [9.17, 15) is 14.3 Å². The number of nitrogens with one attached hydrogen (secondary N) is 2. The lowest BCUT2D eigenvalue weighted by Gasteiger charge is -2.27. The standard InChI is InChI=1S/C25H28FN7O3/c1-27-22-10-19(30-24-15(11-29-33(22)24)25(35)31-18-5-2-6-21(18)34)16-12-32(20-7-9-36-13-17(20)26)23-14(16)4-3-8-28-23/h3-4,8,10-12,17-18,20-21,27,34H,2,5-7,9,13H2,1H3,(H,31,35)/t17-,18-,20+,21+/m0/s1. The molecule has 4 atom stereocenters. The van der Waals surface area contributed by atoms with E-state index in [0.29, 0.717) is 47.8 Å². The normalized spacial score (nSPS) is 24.4. The van der Waals surface area contributed by atoms with Gasteiger partial charge in [0, 0.05) is 43.1 Å². The summed E-state index contributed by atoms with van der Waals surface area (Å²) in [6.07, 6.45) is 6.24. The zero-order chi connectivity index (χ0) is 24.8. The number of alkyl halides is 1. The molecule has 0 aromatic carbocycles. The second-order valence-electron chi connectivity index (χ2n) is 9.42. The minimum atomic E-state index is -1.14. The summed E-state index contributed by atoms with van der Waals surface area (Å²) in [6, 6.07) is 4.97. The second kappa shape index (κ2) is 9.14. The molecule has 1 saturated heterocycles. The van der Waals surface area contributed by atoms with Crippen LogP contribution in [0.4, 0.5) is 10.2 Å². The van der Waals surface area contributed by atoms with Crippen LogP contribution in [0.2, 0.25) is 0 Å². The number of hydrogen-bond donors (Lipinski definition) is 3. The number of halogens is 1. The molecule has 11 heteroatoms. The first-order valence-electron chi connectivity index (χ1n) is 12.3. The average Bonchev–Trinajstić information content (AvgIpc) is 3.61. The first kappa shape index (κ1) is 22.9. The summed E-state index contributed by atoms with van der Waals surface area (Å²) in [7, 11) is 1.77. The van der Waals surface area contributed by atoms with Crippen LogP contribution in [0.5, 0.6) is 0 Å². The maximum atomic E-state index is 14.8. The van der Waals surface area contributed by atoms with Crippen LogP contribution >= 0.6 is 0 Å². The number of pyridine rings is 1. The second-order valence-corrected chi connectivity index (χ2v) is 9.42. The zero-order valence-corrected chi connectivity index (χ0v) is 19.9. The summed E-state index contributed by atoms with van der Waals surface area (Å²) in [4.78, 5) is 22.5. The third-order valence-electron chi connectivity index (χ3n) is 7.24. The van der Waals surface area contributed by atoms with Gasteiger partial charge in [0.25, 0.3) is 5.91 Å². The van der Waals surface area contributed by atoms with Crippen molar-refractivity contribution in [3.05, 3.63) is 42.4 Å². The van der Waals surface area contributed by atoms with E-state index in [0.717, 1.165) is 23.8 Å². The smallest absolute Gasteiger partial charge is 0.257 e. The Morgan fingerprint density at radius 3 is 2.94 bits per heavy atom. The van der Waals surface area contributed by atoms with Gasteiger partial charge < -0.3 is 25.0 Å². The lowest BCUT2D eigenvalue weighted by atomic mass is 10.1. The van der Waals surface area contributed by atoms with Gasteiger partial charge in [-0.25, -0.2) is 14.4 Å². The van der Waals surface area contributed by atoms with Crippen molar-refractivity contribution in [1.29, 1.82) is 0 Å². The molecule has 0 radical (unpaired) electrons. The molecule has 4 aromatic heterocycles. The monoisotopic (exact) mass is 493 g/mol. The number of carbonyl (C=O) groups is 1. The largest absolute Gasteiger partial charge is 0.391 e. The van der Waals surface area contributed by atoms with Crippen molar-refractivity contribution in [1.82, 2.24) is 29.5 Å². The molecule has 188 valence electrons. The maximum absolute atomic E-state index is 14.8. The summed E-state index contributed by atoms with van der Waals surface area (Å²) < 4.78 is 23.6. The van der Waals surface area contributed by atoms with Crippen LogP contribution in [0.3, 0.4) is 0 Å². The summed E-state index contributed by atoms with van der Waals surface area (Å²) in [5, 5.41) is 21.4. The average molecular weight is 494 g/mol. The first-order valence-corrected chi connectivity index (χ1v) is 12.3. The molecule has 36 heavy (non-hydrogen) atoms. The lowest BCUT2D eigenvalue weighted by Crippen LogP contribution is -2.39. The Labute approximate surface area is 206 Å². The lowest BCUT2D eigenvalue weighted by molar-refractivity contribution is 0.00443. The third kappa shape index (κ3) is 3.79. The highest BCUT2D eigenvalue weighted by Crippen LogP contribution is 2.35. The van der Waals surface area contributed by atoms with Crippen LogP contribution in [-0.2, 0) is 4.74 Å². The summed E-state index contributed by atoms with van der Waals surface area (Å²) >= 11 is 0. The van der Waals surface area contributed by atoms with Crippen molar-refractivity contribution in [2.24, 2.45) is 0 Å². The van der Waals surface area contributed by atoms with Crippen LogP contribution in [0.1, 0.15) is 42.1 Å². The molecule has 0 bridgehead atoms. The van der Waals surface area contributed by atoms with Crippen molar-refractivity contribution in [2.75, 3.05) is 25.6 Å². The maximum Gasteiger partial charge on any atom is 0.257 e. The predicted molar refractivity (Wildman–Crippen MR) is 132 cm³/mol. The molecule has 0 spiro atoms. The van der Waals surface area contributed by atoms with E-state index in [1.165, 1.54) is 6.20 Å². The van der Waals surface area contributed by atoms with Gasteiger partial charge in [0.2, 0.25) is 0 Å². The Balaban J connectivity index is 1.46. The van der Waals surface area contributed by atoms with Gasteiger partial charge in [-0.15, -0.1) is 0 Å². The first-order chi connectivity index (χ1) is 17.5. The Morgan fingerprint density at radius 2 is 2.17 bits per heavy atom. The molecule has 2 fully saturated rings. The van der Waals surface area contributed by atoms with Gasteiger partial charge >= 0.3 is 0 Å². The van der Waals surface area contributed by atoms with E-state index < -0.39 is 12.3 Å². The molecule has 10 nitrogen and oxygen atoms in total. The molecule has 3 N–H and O–H groups in total. The molecule has 5 heterocycles. The van der Waals surface area contributed by atoms with Gasteiger partial charge in [-0.05, 0) is 37.8 Å². The molecule has 4 aromatic rings. The van der Waals surface area contributed by atoms with E-state index in [1.807, 2.05) is 29.0 Å². The minimum absolute atomic E-state index is 0.0601. The van der Waals surface area contributed by atoms with Crippen molar-refractivity contribution in [2.45, 2.75) is 50.0 Å². The number of aliphatic hydroxyl groups excluding tert-OH is 1. The van der Waals surface area contributed by atoms with E-state index in [2.05, 4.69) is 20.7 Å². The van der Waals surface area contributed by atoms with Gasteiger partial charge in [0.05, 0.1) is 36.7 Å². The summed E-state index contributed by atoms with van der Waals surface area (Å²) in [5.41, 5.74) is 2.79. The summed E-state index contributed by atoms with van der Waals surface area (Å²) in [5.74, 6) is 0.323. The van der Waals surface area contributed by atoms with Crippen LogP contribution in [0, 0.1) is 0 Å². The molecule has 1 aliphatic heterocycles. The molecule has 1 saturated carbocycles. The van der Waals surface area contributed by atoms with Gasteiger partial charge in [-0.3, -0.25) is 4.79 Å². The Hall–Kier alpha value is -3.57. The van der Waals surface area contributed by atoms with E-state index in [4.69, 9.17) is 9.72 Å². The van der Waals surface area contributed by atoms with Crippen molar-refractivity contribution < 1.29 is 19.0 Å². The fraction of sp³-hybridized carbons (Fsp3) is 0.440. The van der Waals surface area contributed by atoms with Crippen LogP contribution < -0.4 is 10.6 Å². The number of rotatable bonds is 5. The van der Waals surface area contributed by atoms with Crippen molar-refractivity contribution >= 4 is 28.4 Å². The zero-order valence-electron chi connectivity index (χ0n) is 19.9. The van der Waals surface area contributed by atoms with Gasteiger partial charge in [-0.2, -0.15) is 9.61 Å². The number of hydrogen-bond acceptors (Lipinski definition) is 7. The topological polar surface area (TPSA) is 119 Å². The Kier molecular flexibility index (Phi) is 5.81. The fourth-order valence-electron chi connectivity index (χ4n) is 5.34. The highest BCUT2D eigenvalue weighted by Gasteiger charge is 2.31. The number of anilines is 1. The Morgan fingerprint density at radius 1 is 1.28 bits per heavy atom. The quantitative estimate of drug-likeness (QED) is 0.391. The number of aromatic nitrogens is 5. The van der Waals surface area contributed by atoms with Gasteiger partial charge in [0.1, 0.15) is 23.2 Å². The van der Waals surface area contributed by atoms with Gasteiger partial charge in [0.15, 0.2) is 5.65 Å². The highest BCUT2D eigenvalue weighted by molar-refractivity contribution is 6.01. The molecular weight excluding hydrogens is 465 g/mol. The van der Waals surface area contributed by atoms with Crippen molar-refractivity contribution in [3.8, 4) is 11.3 Å². The molecule has 2 aliphatic rings. The van der Waals surface area contributed by atoms with Gasteiger partial charge in [-0.1, -0.05) is 0 Å². The minimum Gasteiger partial charge on any atom is -0.391 e. The van der Waals surface area contributed by atoms with Crippen LogP contribution in [0.25, 0.3) is 27.9 Å². The van der Waals surface area contributed by atoms with Crippen LogP contribution in [0.15, 0.2) is 36.8 Å². The number of nitrogens with zero attached hydrogens (tertiary/aromatic N) is 5. The molecule has 1 aliphatic carbocycles. The van der Waals surface area contributed by atoms with E-state index in [-0.39, 0.29) is 24.6 Å². The molecule has 6 rings (SSSR count). The molecular formula is C25H28FN7O3.